The second kappa shape index (κ2) is 4.44. The number of rotatable bonds is 1. The first-order valence-electron chi connectivity index (χ1n) is 6.46. The van der Waals surface area contributed by atoms with E-state index in [9.17, 15) is 4.79 Å². The second-order valence-electron chi connectivity index (χ2n) is 5.11. The SMILES string of the molecule is CC1CCN(C(=O)c2ccc3nc[nH]c3c2)CC1. The summed E-state index contributed by atoms with van der Waals surface area (Å²) in [6.07, 6.45) is 3.87. The van der Waals surface area contributed by atoms with Gasteiger partial charge in [-0.05, 0) is 37.0 Å². The number of benzene rings is 1. The summed E-state index contributed by atoms with van der Waals surface area (Å²) >= 11 is 0. The van der Waals surface area contributed by atoms with Crippen LogP contribution in [0, 0.1) is 5.92 Å². The van der Waals surface area contributed by atoms with Crippen molar-refractivity contribution in [2.75, 3.05) is 13.1 Å². The van der Waals surface area contributed by atoms with Crippen LogP contribution in [0.2, 0.25) is 0 Å². The molecule has 94 valence electrons. The van der Waals surface area contributed by atoms with Gasteiger partial charge in [0.05, 0.1) is 17.4 Å². The maximum atomic E-state index is 12.4. The molecule has 1 N–H and O–H groups in total. The van der Waals surface area contributed by atoms with Crippen molar-refractivity contribution in [2.45, 2.75) is 19.8 Å². The van der Waals surface area contributed by atoms with Crippen molar-refractivity contribution in [1.29, 1.82) is 0 Å². The van der Waals surface area contributed by atoms with Gasteiger partial charge in [-0.3, -0.25) is 4.79 Å². The van der Waals surface area contributed by atoms with Crippen LogP contribution < -0.4 is 0 Å². The summed E-state index contributed by atoms with van der Waals surface area (Å²) in [5.41, 5.74) is 2.58. The quantitative estimate of drug-likeness (QED) is 0.836. The minimum atomic E-state index is 0.137. The number of nitrogens with zero attached hydrogens (tertiary/aromatic N) is 2. The number of imidazole rings is 1. The smallest absolute Gasteiger partial charge is 0.253 e. The summed E-state index contributed by atoms with van der Waals surface area (Å²) in [4.78, 5) is 21.5. The second-order valence-corrected chi connectivity index (χ2v) is 5.11. The van der Waals surface area contributed by atoms with Crippen molar-refractivity contribution in [2.24, 2.45) is 5.92 Å². The number of aromatic nitrogens is 2. The van der Waals surface area contributed by atoms with Crippen LogP contribution in [0.25, 0.3) is 11.0 Å². The average molecular weight is 243 g/mol. The Morgan fingerprint density at radius 2 is 2.17 bits per heavy atom. The van der Waals surface area contributed by atoms with Crippen molar-refractivity contribution in [3.05, 3.63) is 30.1 Å². The van der Waals surface area contributed by atoms with Crippen molar-refractivity contribution in [1.82, 2.24) is 14.9 Å². The van der Waals surface area contributed by atoms with E-state index in [2.05, 4.69) is 16.9 Å². The molecule has 4 nitrogen and oxygen atoms in total. The first-order chi connectivity index (χ1) is 8.74. The Kier molecular flexibility index (Phi) is 2.78. The lowest BCUT2D eigenvalue weighted by Crippen LogP contribution is -2.37. The Bertz CT molecular complexity index is 567. The summed E-state index contributed by atoms with van der Waals surface area (Å²) in [5, 5.41) is 0. The zero-order valence-corrected chi connectivity index (χ0v) is 10.5. The Labute approximate surface area is 106 Å². The number of carbonyl (C=O) groups is 1. The summed E-state index contributed by atoms with van der Waals surface area (Å²) in [6, 6.07) is 5.65. The number of fused-ring (bicyclic) bond motifs is 1. The number of carbonyl (C=O) groups excluding carboxylic acids is 1. The zero-order chi connectivity index (χ0) is 12.5. The highest BCUT2D eigenvalue weighted by molar-refractivity contribution is 5.97. The van der Waals surface area contributed by atoms with E-state index in [1.807, 2.05) is 23.1 Å². The molecule has 0 unspecified atom stereocenters. The topological polar surface area (TPSA) is 49.0 Å². The van der Waals surface area contributed by atoms with E-state index >= 15 is 0 Å². The Morgan fingerprint density at radius 3 is 2.94 bits per heavy atom. The predicted molar refractivity (Wildman–Crippen MR) is 70.4 cm³/mol. The van der Waals surface area contributed by atoms with Gasteiger partial charge in [-0.15, -0.1) is 0 Å². The van der Waals surface area contributed by atoms with Gasteiger partial charge >= 0.3 is 0 Å². The maximum Gasteiger partial charge on any atom is 0.253 e. The van der Waals surface area contributed by atoms with E-state index < -0.39 is 0 Å². The van der Waals surface area contributed by atoms with Crippen LogP contribution in [0.3, 0.4) is 0 Å². The Hall–Kier alpha value is -1.84. The highest BCUT2D eigenvalue weighted by Gasteiger charge is 2.21. The van der Waals surface area contributed by atoms with E-state index in [1.165, 1.54) is 0 Å². The van der Waals surface area contributed by atoms with Crippen molar-refractivity contribution in [3.8, 4) is 0 Å². The van der Waals surface area contributed by atoms with E-state index in [4.69, 9.17) is 0 Å². The van der Waals surface area contributed by atoms with Gasteiger partial charge in [-0.25, -0.2) is 4.98 Å². The zero-order valence-electron chi connectivity index (χ0n) is 10.5. The van der Waals surface area contributed by atoms with Crippen molar-refractivity contribution < 1.29 is 4.79 Å². The molecule has 4 heteroatoms. The molecule has 0 aliphatic carbocycles. The van der Waals surface area contributed by atoms with E-state index in [0.29, 0.717) is 0 Å². The molecule has 0 spiro atoms. The molecule has 1 amide bonds. The molecule has 3 rings (SSSR count). The summed E-state index contributed by atoms with van der Waals surface area (Å²) in [5.74, 6) is 0.877. The number of hydrogen-bond acceptors (Lipinski definition) is 2. The number of piperidine rings is 1. The van der Waals surface area contributed by atoms with Gasteiger partial charge in [-0.1, -0.05) is 6.92 Å². The van der Waals surface area contributed by atoms with Gasteiger partial charge < -0.3 is 9.88 Å². The maximum absolute atomic E-state index is 12.4. The van der Waals surface area contributed by atoms with Crippen LogP contribution in [0.4, 0.5) is 0 Å². The van der Waals surface area contributed by atoms with E-state index in [0.717, 1.165) is 48.4 Å². The molecule has 1 saturated heterocycles. The van der Waals surface area contributed by atoms with Crippen LogP contribution in [-0.2, 0) is 0 Å². The molecule has 1 aliphatic rings. The molecular weight excluding hydrogens is 226 g/mol. The van der Waals surface area contributed by atoms with Crippen LogP contribution in [0.1, 0.15) is 30.1 Å². The third-order valence-corrected chi connectivity index (χ3v) is 3.74. The first kappa shape index (κ1) is 11.3. The van der Waals surface area contributed by atoms with Crippen LogP contribution in [-0.4, -0.2) is 33.9 Å². The fourth-order valence-electron chi connectivity index (χ4n) is 2.46. The van der Waals surface area contributed by atoms with Gasteiger partial charge in [-0.2, -0.15) is 0 Å². The lowest BCUT2D eigenvalue weighted by molar-refractivity contribution is 0.0697. The summed E-state index contributed by atoms with van der Waals surface area (Å²) < 4.78 is 0. The highest BCUT2D eigenvalue weighted by Crippen LogP contribution is 2.19. The molecule has 18 heavy (non-hydrogen) atoms. The van der Waals surface area contributed by atoms with Crippen LogP contribution in [0.5, 0.6) is 0 Å². The summed E-state index contributed by atoms with van der Waals surface area (Å²) in [6.45, 7) is 4.00. The summed E-state index contributed by atoms with van der Waals surface area (Å²) in [7, 11) is 0. The van der Waals surface area contributed by atoms with Gasteiger partial charge in [0.2, 0.25) is 0 Å². The Morgan fingerprint density at radius 1 is 1.39 bits per heavy atom. The van der Waals surface area contributed by atoms with Gasteiger partial charge in [0.15, 0.2) is 0 Å². The van der Waals surface area contributed by atoms with Crippen molar-refractivity contribution in [3.63, 3.8) is 0 Å². The van der Waals surface area contributed by atoms with Crippen LogP contribution in [0.15, 0.2) is 24.5 Å². The largest absolute Gasteiger partial charge is 0.345 e. The molecule has 0 bridgehead atoms. The molecule has 0 radical (unpaired) electrons. The highest BCUT2D eigenvalue weighted by atomic mass is 16.2. The monoisotopic (exact) mass is 243 g/mol. The van der Waals surface area contributed by atoms with Crippen LogP contribution >= 0.6 is 0 Å². The average Bonchev–Trinajstić information content (AvgIpc) is 2.86. The lowest BCUT2D eigenvalue weighted by atomic mass is 9.98. The molecule has 2 heterocycles. The van der Waals surface area contributed by atoms with E-state index in [-0.39, 0.29) is 5.91 Å². The predicted octanol–water partition coefficient (Wildman–Crippen LogP) is 2.44. The normalized spacial score (nSPS) is 17.3. The number of H-pyrrole nitrogens is 1. The molecule has 1 aliphatic heterocycles. The minimum absolute atomic E-state index is 0.137. The van der Waals surface area contributed by atoms with Gasteiger partial charge in [0, 0.05) is 18.7 Å². The number of nitrogens with one attached hydrogen (secondary N) is 1. The third kappa shape index (κ3) is 1.98. The molecule has 1 fully saturated rings. The standard InChI is InChI=1S/C14H17N3O/c1-10-4-6-17(7-5-10)14(18)11-2-3-12-13(8-11)16-9-15-12/h2-3,8-10H,4-7H2,1H3,(H,15,16). The molecule has 2 aromatic rings. The molecule has 1 aromatic carbocycles. The minimum Gasteiger partial charge on any atom is -0.345 e. The first-order valence-corrected chi connectivity index (χ1v) is 6.46. The number of aromatic amines is 1. The van der Waals surface area contributed by atoms with Gasteiger partial charge in [0.1, 0.15) is 0 Å². The third-order valence-electron chi connectivity index (χ3n) is 3.74. The fraction of sp³-hybridized carbons (Fsp3) is 0.429. The molecular formula is C14H17N3O. The van der Waals surface area contributed by atoms with Gasteiger partial charge in [0.25, 0.3) is 5.91 Å². The van der Waals surface area contributed by atoms with Crippen molar-refractivity contribution >= 4 is 16.9 Å². The Balaban J connectivity index is 1.82. The number of likely N-dealkylation sites (tertiary alicyclic amines) is 1. The molecule has 0 saturated carbocycles. The molecule has 0 atom stereocenters. The fourth-order valence-corrected chi connectivity index (χ4v) is 2.46. The lowest BCUT2D eigenvalue weighted by Gasteiger charge is -2.30. The van der Waals surface area contributed by atoms with E-state index in [1.54, 1.807) is 6.33 Å². The number of amides is 1. The molecule has 1 aromatic heterocycles. The number of hydrogen-bond donors (Lipinski definition) is 1.